The Kier molecular flexibility index (Phi) is 5.74. The summed E-state index contributed by atoms with van der Waals surface area (Å²) in [6.45, 7) is 5.30. The van der Waals surface area contributed by atoms with Gasteiger partial charge in [0.2, 0.25) is 0 Å². The summed E-state index contributed by atoms with van der Waals surface area (Å²) in [6, 6.07) is 27.2. The van der Waals surface area contributed by atoms with E-state index in [1.807, 2.05) is 30.5 Å². The SMILES string of the molecule is Clc1ccc2c(Nc3ccc(CN4CCN(c5ccccc5)CC4)cc3)ccnc2c1. The van der Waals surface area contributed by atoms with E-state index in [1.165, 1.54) is 11.3 Å². The second-order valence-corrected chi connectivity index (χ2v) is 8.38. The van der Waals surface area contributed by atoms with Gasteiger partial charge in [-0.25, -0.2) is 0 Å². The molecule has 156 valence electrons. The molecule has 0 atom stereocenters. The van der Waals surface area contributed by atoms with Crippen LogP contribution in [0.1, 0.15) is 5.56 Å². The number of nitrogens with zero attached hydrogens (tertiary/aromatic N) is 3. The van der Waals surface area contributed by atoms with Crippen LogP contribution in [0.15, 0.2) is 85.1 Å². The first kappa shape index (κ1) is 19.9. The van der Waals surface area contributed by atoms with Gasteiger partial charge in [-0.2, -0.15) is 0 Å². The van der Waals surface area contributed by atoms with Crippen LogP contribution in [0, 0.1) is 0 Å². The lowest BCUT2D eigenvalue weighted by atomic mass is 10.1. The van der Waals surface area contributed by atoms with Crippen LogP contribution in [0.5, 0.6) is 0 Å². The minimum atomic E-state index is 0.700. The number of hydrogen-bond acceptors (Lipinski definition) is 4. The summed E-state index contributed by atoms with van der Waals surface area (Å²) in [4.78, 5) is 9.41. The Bertz CT molecular complexity index is 1150. The van der Waals surface area contributed by atoms with Crippen molar-refractivity contribution >= 4 is 39.6 Å². The fourth-order valence-corrected chi connectivity index (χ4v) is 4.31. The van der Waals surface area contributed by atoms with Gasteiger partial charge < -0.3 is 10.2 Å². The van der Waals surface area contributed by atoms with Crippen LogP contribution in [0.4, 0.5) is 17.1 Å². The molecule has 5 heteroatoms. The highest BCUT2D eigenvalue weighted by molar-refractivity contribution is 6.31. The monoisotopic (exact) mass is 428 g/mol. The minimum Gasteiger partial charge on any atom is -0.369 e. The molecule has 0 saturated carbocycles. The molecule has 1 N–H and O–H groups in total. The van der Waals surface area contributed by atoms with E-state index in [0.29, 0.717) is 5.02 Å². The molecule has 31 heavy (non-hydrogen) atoms. The smallest absolute Gasteiger partial charge is 0.0737 e. The molecule has 1 aliphatic rings. The molecule has 3 aromatic carbocycles. The molecule has 4 nitrogen and oxygen atoms in total. The lowest BCUT2D eigenvalue weighted by Crippen LogP contribution is -2.45. The molecule has 0 spiro atoms. The highest BCUT2D eigenvalue weighted by Crippen LogP contribution is 2.27. The lowest BCUT2D eigenvalue weighted by Gasteiger charge is -2.36. The number of piperazine rings is 1. The molecule has 1 aliphatic heterocycles. The molecular formula is C26H25ClN4. The summed E-state index contributed by atoms with van der Waals surface area (Å²) in [5, 5.41) is 5.28. The van der Waals surface area contributed by atoms with Gasteiger partial charge in [0, 0.05) is 66.4 Å². The van der Waals surface area contributed by atoms with E-state index in [4.69, 9.17) is 11.6 Å². The maximum atomic E-state index is 6.10. The summed E-state index contributed by atoms with van der Waals surface area (Å²) in [5.41, 5.74) is 5.66. The summed E-state index contributed by atoms with van der Waals surface area (Å²) in [5.74, 6) is 0. The van der Waals surface area contributed by atoms with E-state index < -0.39 is 0 Å². The first-order valence-electron chi connectivity index (χ1n) is 10.7. The lowest BCUT2D eigenvalue weighted by molar-refractivity contribution is 0.250. The third-order valence-corrected chi connectivity index (χ3v) is 6.07. The van der Waals surface area contributed by atoms with Crippen molar-refractivity contribution in [3.63, 3.8) is 0 Å². The fourth-order valence-electron chi connectivity index (χ4n) is 4.14. The maximum Gasteiger partial charge on any atom is 0.0737 e. The average molecular weight is 429 g/mol. The van der Waals surface area contributed by atoms with Crippen molar-refractivity contribution in [2.24, 2.45) is 0 Å². The standard InChI is InChI=1S/C26H25ClN4/c27-21-8-11-24-25(12-13-28-26(24)18-21)29-22-9-6-20(7-10-22)19-30-14-16-31(17-15-30)23-4-2-1-3-5-23/h1-13,18H,14-17,19H2,(H,28,29). The third kappa shape index (κ3) is 4.66. The minimum absolute atomic E-state index is 0.700. The number of benzene rings is 3. The van der Waals surface area contributed by atoms with Crippen molar-refractivity contribution in [2.75, 3.05) is 36.4 Å². The Labute approximate surface area is 188 Å². The van der Waals surface area contributed by atoms with Gasteiger partial charge in [0.15, 0.2) is 0 Å². The number of hydrogen-bond donors (Lipinski definition) is 1. The van der Waals surface area contributed by atoms with Crippen molar-refractivity contribution in [3.8, 4) is 0 Å². The van der Waals surface area contributed by atoms with Gasteiger partial charge in [-0.1, -0.05) is 41.9 Å². The highest BCUT2D eigenvalue weighted by Gasteiger charge is 2.17. The highest BCUT2D eigenvalue weighted by atomic mass is 35.5. The topological polar surface area (TPSA) is 31.4 Å². The predicted octanol–water partition coefficient (Wildman–Crippen LogP) is 5.95. The van der Waals surface area contributed by atoms with Crippen molar-refractivity contribution in [1.29, 1.82) is 0 Å². The summed E-state index contributed by atoms with van der Waals surface area (Å²) < 4.78 is 0. The normalized spacial score (nSPS) is 14.7. The molecule has 5 rings (SSSR count). The van der Waals surface area contributed by atoms with E-state index in [9.17, 15) is 0 Å². The zero-order valence-electron chi connectivity index (χ0n) is 17.3. The molecule has 0 amide bonds. The Hall–Kier alpha value is -3.08. The van der Waals surface area contributed by atoms with Crippen LogP contribution >= 0.6 is 11.6 Å². The average Bonchev–Trinajstić information content (AvgIpc) is 2.81. The molecule has 2 heterocycles. The van der Waals surface area contributed by atoms with Gasteiger partial charge in [0.05, 0.1) is 5.52 Å². The Morgan fingerprint density at radius 3 is 2.39 bits per heavy atom. The number of halogens is 1. The number of aromatic nitrogens is 1. The van der Waals surface area contributed by atoms with Gasteiger partial charge >= 0.3 is 0 Å². The van der Waals surface area contributed by atoms with E-state index in [0.717, 1.165) is 55.0 Å². The van der Waals surface area contributed by atoms with Gasteiger partial charge in [0.25, 0.3) is 0 Å². The third-order valence-electron chi connectivity index (χ3n) is 5.84. The van der Waals surface area contributed by atoms with Crippen LogP contribution in [0.2, 0.25) is 5.02 Å². The van der Waals surface area contributed by atoms with Gasteiger partial charge in [-0.15, -0.1) is 0 Å². The molecule has 0 radical (unpaired) electrons. The molecule has 1 saturated heterocycles. The molecular weight excluding hydrogens is 404 g/mol. The van der Waals surface area contributed by atoms with Gasteiger partial charge in [-0.3, -0.25) is 9.88 Å². The molecule has 4 aromatic rings. The summed E-state index contributed by atoms with van der Waals surface area (Å²) in [7, 11) is 0. The van der Waals surface area contributed by atoms with Crippen LogP contribution in [-0.2, 0) is 6.54 Å². The van der Waals surface area contributed by atoms with Crippen LogP contribution in [0.3, 0.4) is 0 Å². The van der Waals surface area contributed by atoms with Gasteiger partial charge in [-0.05, 0) is 54.1 Å². The molecule has 1 fully saturated rings. The van der Waals surface area contributed by atoms with Crippen molar-refractivity contribution < 1.29 is 0 Å². The zero-order valence-corrected chi connectivity index (χ0v) is 18.1. The van der Waals surface area contributed by atoms with E-state index in [1.54, 1.807) is 0 Å². The largest absolute Gasteiger partial charge is 0.369 e. The van der Waals surface area contributed by atoms with Crippen molar-refractivity contribution in [2.45, 2.75) is 6.54 Å². The van der Waals surface area contributed by atoms with E-state index in [2.05, 4.69) is 74.7 Å². The number of nitrogens with one attached hydrogen (secondary N) is 1. The quantitative estimate of drug-likeness (QED) is 0.425. The van der Waals surface area contributed by atoms with Crippen LogP contribution in [-0.4, -0.2) is 36.1 Å². The Morgan fingerprint density at radius 2 is 1.61 bits per heavy atom. The zero-order chi connectivity index (χ0) is 21.0. The summed E-state index contributed by atoms with van der Waals surface area (Å²) >= 11 is 6.10. The predicted molar refractivity (Wildman–Crippen MR) is 130 cm³/mol. The van der Waals surface area contributed by atoms with Crippen molar-refractivity contribution in [1.82, 2.24) is 9.88 Å². The second-order valence-electron chi connectivity index (χ2n) is 7.94. The van der Waals surface area contributed by atoms with E-state index >= 15 is 0 Å². The maximum absolute atomic E-state index is 6.10. The second kappa shape index (κ2) is 8.96. The summed E-state index contributed by atoms with van der Waals surface area (Å²) in [6.07, 6.45) is 1.81. The van der Waals surface area contributed by atoms with E-state index in [-0.39, 0.29) is 0 Å². The Morgan fingerprint density at radius 1 is 0.839 bits per heavy atom. The van der Waals surface area contributed by atoms with Crippen LogP contribution in [0.25, 0.3) is 10.9 Å². The van der Waals surface area contributed by atoms with Crippen LogP contribution < -0.4 is 10.2 Å². The molecule has 0 bridgehead atoms. The molecule has 0 unspecified atom stereocenters. The number of pyridine rings is 1. The number of anilines is 3. The molecule has 0 aliphatic carbocycles. The van der Waals surface area contributed by atoms with Crippen molar-refractivity contribution in [3.05, 3.63) is 95.6 Å². The Balaban J connectivity index is 1.20. The fraction of sp³-hybridized carbons (Fsp3) is 0.192. The van der Waals surface area contributed by atoms with Gasteiger partial charge in [0.1, 0.15) is 0 Å². The number of rotatable bonds is 5. The molecule has 1 aromatic heterocycles. The number of para-hydroxylation sites is 1. The first-order chi connectivity index (χ1) is 15.2. The first-order valence-corrected chi connectivity index (χ1v) is 11.0. The number of fused-ring (bicyclic) bond motifs is 1.